The fraction of sp³-hybridized carbons (Fsp3) is 0.143. The molecule has 0 amide bonds. The summed E-state index contributed by atoms with van der Waals surface area (Å²) >= 11 is 7.26. The molecule has 0 aliphatic heterocycles. The summed E-state index contributed by atoms with van der Waals surface area (Å²) in [5.74, 6) is 0.370. The number of halogens is 4. The van der Waals surface area contributed by atoms with Crippen molar-refractivity contribution >= 4 is 27.9 Å². The first-order valence-corrected chi connectivity index (χ1v) is 8.12. The van der Waals surface area contributed by atoms with E-state index in [1.54, 1.807) is 13.1 Å². The average Bonchev–Trinajstić information content (AvgIpc) is 3.22. The molecule has 11 heteroatoms. The van der Waals surface area contributed by atoms with Gasteiger partial charge in [0.1, 0.15) is 10.7 Å². The number of hydrogen-bond acceptors (Lipinski definition) is 5. The first-order valence-electron chi connectivity index (χ1n) is 6.92. The minimum absolute atomic E-state index is 0.354. The Morgan fingerprint density at radius 1 is 1.20 bits per heavy atom. The summed E-state index contributed by atoms with van der Waals surface area (Å²) in [4.78, 5) is 0.444. The largest absolute Gasteiger partial charge is 0.416 e. The van der Waals surface area contributed by atoms with Gasteiger partial charge in [-0.25, -0.2) is 0 Å². The smallest absolute Gasteiger partial charge is 0.263 e. The van der Waals surface area contributed by atoms with Crippen LogP contribution in [-0.4, -0.2) is 29.6 Å². The van der Waals surface area contributed by atoms with Gasteiger partial charge in [0.15, 0.2) is 0 Å². The lowest BCUT2D eigenvalue weighted by Crippen LogP contribution is -2.04. The van der Waals surface area contributed by atoms with E-state index in [-0.39, 0.29) is 0 Å². The molecule has 128 valence electrons. The molecule has 0 aliphatic rings. The molecule has 0 atom stereocenters. The van der Waals surface area contributed by atoms with Crippen LogP contribution in [-0.2, 0) is 13.2 Å². The normalized spacial score (nSPS) is 12.2. The van der Waals surface area contributed by atoms with Gasteiger partial charge in [-0.15, -0.1) is 10.2 Å². The molecule has 25 heavy (non-hydrogen) atoms. The van der Waals surface area contributed by atoms with Crippen LogP contribution in [0.1, 0.15) is 5.56 Å². The van der Waals surface area contributed by atoms with E-state index < -0.39 is 11.7 Å². The van der Waals surface area contributed by atoms with Crippen LogP contribution in [0, 0.1) is 0 Å². The summed E-state index contributed by atoms with van der Waals surface area (Å²) in [7, 11) is 1.70. The zero-order chi connectivity index (χ0) is 17.8. The summed E-state index contributed by atoms with van der Waals surface area (Å²) in [6, 6.07) is 4.99. The second-order valence-electron chi connectivity index (χ2n) is 5.17. The van der Waals surface area contributed by atoms with E-state index in [0.717, 1.165) is 23.5 Å². The summed E-state index contributed by atoms with van der Waals surface area (Å²) in [6.45, 7) is 0. The van der Waals surface area contributed by atoms with Gasteiger partial charge in [-0.3, -0.25) is 4.68 Å². The van der Waals surface area contributed by atoms with Crippen molar-refractivity contribution < 1.29 is 13.2 Å². The third kappa shape index (κ3) is 2.67. The first kappa shape index (κ1) is 16.0. The maximum atomic E-state index is 12.9. The highest BCUT2D eigenvalue weighted by Gasteiger charge is 2.30. The number of nitrogens with zero attached hydrogens (tertiary/aromatic N) is 6. The van der Waals surface area contributed by atoms with Crippen molar-refractivity contribution in [3.63, 3.8) is 0 Å². The molecule has 0 spiro atoms. The van der Waals surface area contributed by atoms with Crippen LogP contribution in [0.15, 0.2) is 30.5 Å². The fourth-order valence-corrected chi connectivity index (χ4v) is 3.46. The predicted molar refractivity (Wildman–Crippen MR) is 86.3 cm³/mol. The van der Waals surface area contributed by atoms with Gasteiger partial charge in [0.2, 0.25) is 10.8 Å². The van der Waals surface area contributed by atoms with E-state index >= 15 is 0 Å². The Morgan fingerprint density at radius 3 is 2.68 bits per heavy atom. The number of fused-ring (bicyclic) bond motifs is 1. The highest BCUT2D eigenvalue weighted by atomic mass is 35.5. The van der Waals surface area contributed by atoms with E-state index in [9.17, 15) is 13.2 Å². The summed E-state index contributed by atoms with van der Waals surface area (Å²) in [6.07, 6.45) is -2.94. The molecular weight excluding hydrogens is 377 g/mol. The molecule has 0 saturated carbocycles. The van der Waals surface area contributed by atoms with Crippen LogP contribution < -0.4 is 0 Å². The van der Waals surface area contributed by atoms with Crippen molar-refractivity contribution in [3.05, 3.63) is 41.0 Å². The molecule has 3 heterocycles. The Bertz CT molecular complexity index is 1060. The molecule has 0 unspecified atom stereocenters. The first-order chi connectivity index (χ1) is 11.8. The highest BCUT2D eigenvalue weighted by Crippen LogP contribution is 2.34. The van der Waals surface area contributed by atoms with Gasteiger partial charge in [-0.1, -0.05) is 35.1 Å². The van der Waals surface area contributed by atoms with Gasteiger partial charge in [0, 0.05) is 12.6 Å². The van der Waals surface area contributed by atoms with Crippen molar-refractivity contribution in [1.82, 2.24) is 29.6 Å². The lowest BCUT2D eigenvalue weighted by atomic mass is 10.1. The molecule has 0 aliphatic carbocycles. The monoisotopic (exact) mass is 384 g/mol. The predicted octanol–water partition coefficient (Wildman–Crippen LogP) is 3.93. The molecule has 0 N–H and O–H groups in total. The van der Waals surface area contributed by atoms with E-state index in [1.165, 1.54) is 21.5 Å². The summed E-state index contributed by atoms with van der Waals surface area (Å²) in [5, 5.41) is 17.2. The van der Waals surface area contributed by atoms with Crippen LogP contribution in [0.4, 0.5) is 13.2 Å². The minimum Gasteiger partial charge on any atom is -0.263 e. The molecule has 4 rings (SSSR count). The van der Waals surface area contributed by atoms with E-state index in [4.69, 9.17) is 11.6 Å². The lowest BCUT2D eigenvalue weighted by molar-refractivity contribution is -0.137. The molecule has 3 aromatic heterocycles. The van der Waals surface area contributed by atoms with Crippen LogP contribution in [0.5, 0.6) is 0 Å². The second-order valence-corrected chi connectivity index (χ2v) is 6.53. The molecule has 0 radical (unpaired) electrons. The summed E-state index contributed by atoms with van der Waals surface area (Å²) < 4.78 is 41.7. The number of hydrogen-bond donors (Lipinski definition) is 0. The summed E-state index contributed by atoms with van der Waals surface area (Å²) in [5.41, 5.74) is 0.147. The van der Waals surface area contributed by atoms with E-state index in [0.29, 0.717) is 32.1 Å². The molecule has 4 aromatic rings. The Balaban J connectivity index is 1.84. The lowest BCUT2D eigenvalue weighted by Gasteiger charge is -2.06. The van der Waals surface area contributed by atoms with Crippen molar-refractivity contribution in [2.75, 3.05) is 0 Å². The quantitative estimate of drug-likeness (QED) is 0.525. The molecule has 0 bridgehead atoms. The van der Waals surface area contributed by atoms with Gasteiger partial charge < -0.3 is 0 Å². The van der Waals surface area contributed by atoms with Crippen molar-refractivity contribution in [1.29, 1.82) is 0 Å². The van der Waals surface area contributed by atoms with Gasteiger partial charge in [0.05, 0.1) is 16.8 Å². The Hall–Kier alpha value is -2.46. The Labute approximate surface area is 147 Å². The topological polar surface area (TPSA) is 60.9 Å². The molecule has 0 saturated heterocycles. The Kier molecular flexibility index (Phi) is 3.55. The average molecular weight is 385 g/mol. The standard InChI is InChI=1S/C14H8ClF3N6S/c1-23-10(9(15)6-19-23)11-20-21-13-24(11)22-12(25-13)7-3-2-4-8(5-7)14(16,17)18/h2-6H,1H3. The third-order valence-corrected chi connectivity index (χ3v) is 4.76. The van der Waals surface area contributed by atoms with Gasteiger partial charge in [-0.05, 0) is 12.1 Å². The number of aromatic nitrogens is 6. The van der Waals surface area contributed by atoms with Crippen LogP contribution in [0.3, 0.4) is 0 Å². The van der Waals surface area contributed by atoms with Crippen molar-refractivity contribution in [2.45, 2.75) is 6.18 Å². The number of alkyl halides is 3. The fourth-order valence-electron chi connectivity index (χ4n) is 2.37. The maximum absolute atomic E-state index is 12.9. The van der Waals surface area contributed by atoms with Crippen LogP contribution >= 0.6 is 22.9 Å². The molecular formula is C14H8ClF3N6S. The number of aryl methyl sites for hydroxylation is 1. The van der Waals surface area contributed by atoms with Gasteiger partial charge >= 0.3 is 6.18 Å². The zero-order valence-electron chi connectivity index (χ0n) is 12.5. The Morgan fingerprint density at radius 2 is 2.00 bits per heavy atom. The van der Waals surface area contributed by atoms with Crippen molar-refractivity contribution in [2.24, 2.45) is 7.05 Å². The number of benzene rings is 1. The molecule has 6 nitrogen and oxygen atoms in total. The minimum atomic E-state index is -4.41. The maximum Gasteiger partial charge on any atom is 0.416 e. The van der Waals surface area contributed by atoms with Gasteiger partial charge in [0.25, 0.3) is 0 Å². The van der Waals surface area contributed by atoms with Crippen molar-refractivity contribution in [3.8, 4) is 22.1 Å². The number of rotatable bonds is 2. The molecule has 0 fully saturated rings. The SMILES string of the molecule is Cn1ncc(Cl)c1-c1nnc2sc(-c3cccc(C(F)(F)F)c3)nn12. The third-order valence-electron chi connectivity index (χ3n) is 3.53. The highest BCUT2D eigenvalue weighted by molar-refractivity contribution is 7.19. The van der Waals surface area contributed by atoms with Gasteiger partial charge in [-0.2, -0.15) is 27.9 Å². The zero-order valence-corrected chi connectivity index (χ0v) is 14.1. The van der Waals surface area contributed by atoms with E-state index in [1.807, 2.05) is 0 Å². The second kappa shape index (κ2) is 5.53. The van der Waals surface area contributed by atoms with Crippen LogP contribution in [0.2, 0.25) is 5.02 Å². The van der Waals surface area contributed by atoms with E-state index in [2.05, 4.69) is 20.4 Å². The molecule has 1 aromatic carbocycles. The van der Waals surface area contributed by atoms with Crippen LogP contribution in [0.25, 0.3) is 27.1 Å².